The van der Waals surface area contributed by atoms with Gasteiger partial charge < -0.3 is 33.2 Å². The van der Waals surface area contributed by atoms with Crippen LogP contribution in [0.2, 0.25) is 0 Å². The molecule has 186 valence electrons. The third kappa shape index (κ3) is 5.84. The first kappa shape index (κ1) is 24.8. The number of benzene rings is 4. The van der Waals surface area contributed by atoms with E-state index in [1.807, 2.05) is 36.4 Å². The van der Waals surface area contributed by atoms with E-state index in [0.29, 0.717) is 0 Å². The van der Waals surface area contributed by atoms with Crippen LogP contribution >= 0.6 is 0 Å². The fraction of sp³-hybridized carbons (Fsp3) is 0.200. The van der Waals surface area contributed by atoms with E-state index in [0.717, 1.165) is 87.1 Å². The molecule has 6 nitrogen and oxygen atoms in total. The summed E-state index contributed by atoms with van der Waals surface area (Å²) in [5.74, 6) is 0. The molecule has 4 aromatic rings. The Hall–Kier alpha value is -4.32. The Morgan fingerprint density at radius 2 is 0.694 bits per heavy atom. The molecule has 0 heterocycles. The minimum Gasteiger partial charge on any atom is -0.399 e. The molecule has 0 saturated carbocycles. The van der Waals surface area contributed by atoms with Gasteiger partial charge in [-0.15, -0.1) is 0 Å². The largest absolute Gasteiger partial charge is 0.399 e. The summed E-state index contributed by atoms with van der Waals surface area (Å²) in [7, 11) is 0. The maximum atomic E-state index is 6.12. The fourth-order valence-corrected chi connectivity index (χ4v) is 4.31. The summed E-state index contributed by atoms with van der Waals surface area (Å²) in [6.07, 6.45) is 2.64. The first-order valence-corrected chi connectivity index (χ1v) is 12.5. The van der Waals surface area contributed by atoms with Crippen LogP contribution < -0.4 is 33.2 Å². The average molecular weight is 481 g/mol. The van der Waals surface area contributed by atoms with Crippen molar-refractivity contribution < 1.29 is 0 Å². The normalized spacial score (nSPS) is 10.8. The second-order valence-electron chi connectivity index (χ2n) is 8.98. The Morgan fingerprint density at radius 1 is 0.417 bits per heavy atom. The van der Waals surface area contributed by atoms with Crippen LogP contribution in [0.4, 0.5) is 51.2 Å². The SMILES string of the molecule is CCc1cc(Nc2cc(Nc3ccc(N)c(CC)c3)cc(Nc3ccc(N)c(CC)c3)c2)ccc1N. The summed E-state index contributed by atoms with van der Waals surface area (Å²) in [4.78, 5) is 0. The van der Waals surface area contributed by atoms with E-state index < -0.39 is 0 Å². The molecule has 0 saturated heterocycles. The standard InChI is InChI=1S/C30H36N6/c1-4-19-13-22(7-10-28(19)31)34-25-16-26(35-23-8-11-29(32)20(5-2)14-23)18-27(17-25)36-24-9-12-30(33)21(6-3)15-24/h7-18,34-36H,4-6,31-33H2,1-3H3. The molecule has 0 fully saturated rings. The maximum absolute atomic E-state index is 6.12. The van der Waals surface area contributed by atoms with Gasteiger partial charge in [0.1, 0.15) is 0 Å². The van der Waals surface area contributed by atoms with Crippen LogP contribution in [-0.2, 0) is 19.3 Å². The molecule has 0 atom stereocenters. The monoisotopic (exact) mass is 480 g/mol. The molecular formula is C30H36N6. The van der Waals surface area contributed by atoms with Crippen molar-refractivity contribution in [2.24, 2.45) is 0 Å². The predicted octanol–water partition coefficient (Wildman–Crippen LogP) is 7.35. The molecule has 6 heteroatoms. The minimum atomic E-state index is 0.811. The second kappa shape index (κ2) is 11.0. The summed E-state index contributed by atoms with van der Waals surface area (Å²) in [5, 5.41) is 10.6. The topological polar surface area (TPSA) is 114 Å². The van der Waals surface area contributed by atoms with Gasteiger partial charge in [0, 0.05) is 51.2 Å². The number of nitrogen functional groups attached to an aromatic ring is 3. The van der Waals surface area contributed by atoms with E-state index in [-0.39, 0.29) is 0 Å². The fourth-order valence-electron chi connectivity index (χ4n) is 4.31. The minimum absolute atomic E-state index is 0.811. The van der Waals surface area contributed by atoms with Gasteiger partial charge in [-0.25, -0.2) is 0 Å². The van der Waals surface area contributed by atoms with Gasteiger partial charge in [0.2, 0.25) is 0 Å². The lowest BCUT2D eigenvalue weighted by Crippen LogP contribution is -2.00. The molecule has 0 unspecified atom stereocenters. The van der Waals surface area contributed by atoms with Crippen LogP contribution in [-0.4, -0.2) is 0 Å². The van der Waals surface area contributed by atoms with Gasteiger partial charge in [-0.3, -0.25) is 0 Å². The van der Waals surface area contributed by atoms with Crippen molar-refractivity contribution >= 4 is 51.2 Å². The Labute approximate surface area is 213 Å². The summed E-state index contributed by atoms with van der Waals surface area (Å²) in [6.45, 7) is 6.32. The maximum Gasteiger partial charge on any atom is 0.0425 e. The highest BCUT2D eigenvalue weighted by atomic mass is 14.9. The van der Waals surface area contributed by atoms with Crippen molar-refractivity contribution in [2.45, 2.75) is 40.0 Å². The van der Waals surface area contributed by atoms with Crippen molar-refractivity contribution in [1.29, 1.82) is 0 Å². The lowest BCUT2D eigenvalue weighted by Gasteiger charge is -2.17. The molecule has 4 aromatic carbocycles. The van der Waals surface area contributed by atoms with Crippen LogP contribution in [0.15, 0.2) is 72.8 Å². The summed E-state index contributed by atoms with van der Waals surface area (Å²) in [5.41, 5.74) is 30.0. The first-order chi connectivity index (χ1) is 17.4. The van der Waals surface area contributed by atoms with Gasteiger partial charge in [0.25, 0.3) is 0 Å². The van der Waals surface area contributed by atoms with E-state index in [1.54, 1.807) is 0 Å². The van der Waals surface area contributed by atoms with Crippen LogP contribution in [0.1, 0.15) is 37.5 Å². The molecule has 9 N–H and O–H groups in total. The lowest BCUT2D eigenvalue weighted by molar-refractivity contribution is 1.14. The van der Waals surface area contributed by atoms with Crippen LogP contribution in [0.25, 0.3) is 0 Å². The van der Waals surface area contributed by atoms with Crippen molar-refractivity contribution in [3.63, 3.8) is 0 Å². The summed E-state index contributed by atoms with van der Waals surface area (Å²) < 4.78 is 0. The predicted molar refractivity (Wildman–Crippen MR) is 157 cm³/mol. The van der Waals surface area contributed by atoms with Gasteiger partial charge >= 0.3 is 0 Å². The van der Waals surface area contributed by atoms with E-state index in [1.165, 1.54) is 0 Å². The van der Waals surface area contributed by atoms with Crippen molar-refractivity contribution in [2.75, 3.05) is 33.2 Å². The molecule has 0 aromatic heterocycles. The molecule has 0 spiro atoms. The van der Waals surface area contributed by atoms with E-state index in [2.05, 4.69) is 73.1 Å². The lowest BCUT2D eigenvalue weighted by atomic mass is 10.1. The number of hydrogen-bond acceptors (Lipinski definition) is 6. The molecule has 0 amide bonds. The molecule has 0 aliphatic heterocycles. The molecule has 36 heavy (non-hydrogen) atoms. The molecule has 4 rings (SSSR count). The second-order valence-corrected chi connectivity index (χ2v) is 8.98. The number of nitrogens with one attached hydrogen (secondary N) is 3. The van der Waals surface area contributed by atoms with Crippen LogP contribution in [0.3, 0.4) is 0 Å². The van der Waals surface area contributed by atoms with Gasteiger partial charge in [0.15, 0.2) is 0 Å². The summed E-state index contributed by atoms with van der Waals surface area (Å²) in [6, 6.07) is 24.4. The summed E-state index contributed by atoms with van der Waals surface area (Å²) >= 11 is 0. The highest BCUT2D eigenvalue weighted by molar-refractivity contribution is 5.78. The van der Waals surface area contributed by atoms with Crippen LogP contribution in [0.5, 0.6) is 0 Å². The Kier molecular flexibility index (Phi) is 7.54. The Bertz CT molecular complexity index is 1180. The highest BCUT2D eigenvalue weighted by Gasteiger charge is 2.08. The number of aryl methyl sites for hydroxylation is 3. The number of nitrogens with two attached hydrogens (primary N) is 3. The van der Waals surface area contributed by atoms with E-state index >= 15 is 0 Å². The molecule has 0 aliphatic carbocycles. The van der Waals surface area contributed by atoms with E-state index in [4.69, 9.17) is 17.2 Å². The Balaban J connectivity index is 1.69. The number of hydrogen-bond donors (Lipinski definition) is 6. The Morgan fingerprint density at radius 3 is 0.944 bits per heavy atom. The van der Waals surface area contributed by atoms with Crippen LogP contribution in [0, 0.1) is 0 Å². The van der Waals surface area contributed by atoms with Gasteiger partial charge in [-0.1, -0.05) is 20.8 Å². The zero-order chi connectivity index (χ0) is 25.7. The smallest absolute Gasteiger partial charge is 0.0425 e. The van der Waals surface area contributed by atoms with Crippen molar-refractivity contribution in [1.82, 2.24) is 0 Å². The average Bonchev–Trinajstić information content (AvgIpc) is 2.87. The number of rotatable bonds is 9. The molecule has 0 aliphatic rings. The van der Waals surface area contributed by atoms with E-state index in [9.17, 15) is 0 Å². The third-order valence-corrected chi connectivity index (χ3v) is 6.37. The first-order valence-electron chi connectivity index (χ1n) is 12.5. The zero-order valence-electron chi connectivity index (χ0n) is 21.3. The van der Waals surface area contributed by atoms with Gasteiger partial charge in [-0.05, 0) is 109 Å². The molecule has 0 bridgehead atoms. The van der Waals surface area contributed by atoms with Crippen molar-refractivity contribution in [3.05, 3.63) is 89.5 Å². The van der Waals surface area contributed by atoms with Gasteiger partial charge in [-0.2, -0.15) is 0 Å². The van der Waals surface area contributed by atoms with Gasteiger partial charge in [0.05, 0.1) is 0 Å². The molecule has 0 radical (unpaired) electrons. The van der Waals surface area contributed by atoms with Crippen molar-refractivity contribution in [3.8, 4) is 0 Å². The quantitative estimate of drug-likeness (QED) is 0.140. The third-order valence-electron chi connectivity index (χ3n) is 6.37. The highest BCUT2D eigenvalue weighted by Crippen LogP contribution is 2.32. The molecular weight excluding hydrogens is 444 g/mol. The number of anilines is 9. The zero-order valence-corrected chi connectivity index (χ0v) is 21.3.